The minimum Gasteiger partial charge on any atom is -0.505 e. The third-order valence-electron chi connectivity index (χ3n) is 2.75. The summed E-state index contributed by atoms with van der Waals surface area (Å²) in [6.45, 7) is 4.16. The molecule has 0 radical (unpaired) electrons. The number of aromatic nitrogens is 2. The lowest BCUT2D eigenvalue weighted by molar-refractivity contribution is 0.432. The van der Waals surface area contributed by atoms with Crippen LogP contribution in [0.5, 0.6) is 5.75 Å². The Morgan fingerprint density at radius 3 is 2.65 bits per heavy atom. The number of nitrogen functional groups attached to an aromatic ring is 1. The van der Waals surface area contributed by atoms with E-state index in [1.165, 1.54) is 12.1 Å². The highest BCUT2D eigenvalue weighted by Crippen LogP contribution is 2.24. The number of phenols is 1. The van der Waals surface area contributed by atoms with Crippen molar-refractivity contribution in [1.29, 1.82) is 0 Å². The first-order chi connectivity index (χ1) is 9.49. The maximum atomic E-state index is 13.4. The zero-order valence-corrected chi connectivity index (χ0v) is 11.4. The lowest BCUT2D eigenvalue weighted by Crippen LogP contribution is -2.11. The molecule has 4 N–H and O–H groups in total. The number of hydrogen-bond donors (Lipinski definition) is 3. The van der Waals surface area contributed by atoms with Crippen LogP contribution < -0.4 is 11.3 Å². The number of hydrogen-bond acceptors (Lipinski definition) is 5. The Kier molecular flexibility index (Phi) is 4.14. The van der Waals surface area contributed by atoms with Gasteiger partial charge in [0.1, 0.15) is 5.82 Å². The summed E-state index contributed by atoms with van der Waals surface area (Å²) in [5.74, 6) is 5.56. The van der Waals surface area contributed by atoms with Crippen molar-refractivity contribution in [3.8, 4) is 17.1 Å². The molecule has 0 bridgehead atoms. The van der Waals surface area contributed by atoms with Gasteiger partial charge in [-0.15, -0.1) is 0 Å². The zero-order chi connectivity index (χ0) is 14.7. The van der Waals surface area contributed by atoms with Gasteiger partial charge in [0.2, 0.25) is 0 Å². The van der Waals surface area contributed by atoms with Crippen molar-refractivity contribution in [2.75, 3.05) is 5.43 Å². The topological polar surface area (TPSA) is 84.1 Å². The molecule has 0 aliphatic heterocycles. The van der Waals surface area contributed by atoms with Crippen LogP contribution in [0.4, 0.5) is 10.2 Å². The van der Waals surface area contributed by atoms with E-state index in [4.69, 9.17) is 5.84 Å². The zero-order valence-electron chi connectivity index (χ0n) is 11.4. The van der Waals surface area contributed by atoms with Crippen LogP contribution in [-0.4, -0.2) is 15.1 Å². The van der Waals surface area contributed by atoms with E-state index >= 15 is 0 Å². The number of nitrogens with zero attached hydrogens (tertiary/aromatic N) is 2. The molecular weight excluding hydrogens is 259 g/mol. The molecule has 0 saturated carbocycles. The summed E-state index contributed by atoms with van der Waals surface area (Å²) in [5, 5.41) is 9.22. The summed E-state index contributed by atoms with van der Waals surface area (Å²) >= 11 is 0. The molecule has 1 heterocycles. The van der Waals surface area contributed by atoms with Gasteiger partial charge in [0.05, 0.1) is 0 Å². The van der Waals surface area contributed by atoms with Crippen LogP contribution in [0.25, 0.3) is 11.4 Å². The molecule has 0 spiro atoms. The van der Waals surface area contributed by atoms with E-state index < -0.39 is 11.6 Å². The van der Waals surface area contributed by atoms with E-state index in [1.807, 2.05) is 0 Å². The van der Waals surface area contributed by atoms with Crippen LogP contribution >= 0.6 is 0 Å². The first kappa shape index (κ1) is 14.2. The molecule has 0 fully saturated rings. The van der Waals surface area contributed by atoms with Crippen molar-refractivity contribution < 1.29 is 9.50 Å². The minimum atomic E-state index is -0.706. The lowest BCUT2D eigenvalue weighted by atomic mass is 10.1. The maximum absolute atomic E-state index is 13.4. The fraction of sp³-hybridized carbons (Fsp3) is 0.286. The number of nitrogens with one attached hydrogen (secondary N) is 1. The van der Waals surface area contributed by atoms with Crippen molar-refractivity contribution in [3.63, 3.8) is 0 Å². The summed E-state index contributed by atoms with van der Waals surface area (Å²) in [6.07, 6.45) is 0.769. The predicted molar refractivity (Wildman–Crippen MR) is 75.4 cm³/mol. The lowest BCUT2D eigenvalue weighted by Gasteiger charge is -2.09. The van der Waals surface area contributed by atoms with E-state index in [2.05, 4.69) is 29.2 Å². The van der Waals surface area contributed by atoms with Crippen LogP contribution in [0.2, 0.25) is 0 Å². The summed E-state index contributed by atoms with van der Waals surface area (Å²) in [5.41, 5.74) is 3.80. The first-order valence-corrected chi connectivity index (χ1v) is 6.33. The normalized spacial score (nSPS) is 10.8. The smallest absolute Gasteiger partial charge is 0.165 e. The number of aromatic hydroxyl groups is 1. The van der Waals surface area contributed by atoms with Crippen molar-refractivity contribution in [3.05, 3.63) is 35.8 Å². The number of nitrogens with two attached hydrogens (primary N) is 1. The number of halogens is 1. The molecule has 5 nitrogen and oxygen atoms in total. The largest absolute Gasteiger partial charge is 0.505 e. The number of rotatable bonds is 4. The maximum Gasteiger partial charge on any atom is 0.165 e. The van der Waals surface area contributed by atoms with Gasteiger partial charge in [-0.05, 0) is 30.5 Å². The molecule has 6 heteroatoms. The second-order valence-electron chi connectivity index (χ2n) is 4.98. The Morgan fingerprint density at radius 1 is 1.30 bits per heavy atom. The fourth-order valence-corrected chi connectivity index (χ4v) is 1.87. The molecule has 0 aliphatic rings. The van der Waals surface area contributed by atoms with Crippen LogP contribution in [-0.2, 0) is 6.42 Å². The van der Waals surface area contributed by atoms with Gasteiger partial charge in [-0.3, -0.25) is 0 Å². The van der Waals surface area contributed by atoms with Crippen molar-refractivity contribution in [2.45, 2.75) is 20.3 Å². The molecule has 1 aromatic carbocycles. The van der Waals surface area contributed by atoms with Gasteiger partial charge in [-0.2, -0.15) is 0 Å². The fourth-order valence-electron chi connectivity index (χ4n) is 1.87. The Bertz CT molecular complexity index is 616. The predicted octanol–water partition coefficient (Wildman–Crippen LogP) is 2.47. The molecule has 0 aliphatic carbocycles. The van der Waals surface area contributed by atoms with Gasteiger partial charge >= 0.3 is 0 Å². The Balaban J connectivity index is 2.46. The molecular formula is C14H17FN4O. The van der Waals surface area contributed by atoms with E-state index in [0.717, 1.165) is 12.1 Å². The molecule has 0 unspecified atom stereocenters. The minimum absolute atomic E-state index is 0.370. The number of phenolic OH excluding ortho intramolecular Hbond substituents is 1. The van der Waals surface area contributed by atoms with Crippen LogP contribution in [0, 0.1) is 11.7 Å². The van der Waals surface area contributed by atoms with Crippen LogP contribution in [0.1, 0.15) is 19.5 Å². The molecule has 2 rings (SSSR count). The van der Waals surface area contributed by atoms with Gasteiger partial charge in [-0.1, -0.05) is 13.8 Å². The van der Waals surface area contributed by atoms with E-state index in [0.29, 0.717) is 23.1 Å². The highest BCUT2D eigenvalue weighted by atomic mass is 19.1. The molecule has 1 aromatic heterocycles. The first-order valence-electron chi connectivity index (χ1n) is 6.33. The second-order valence-corrected chi connectivity index (χ2v) is 4.98. The van der Waals surface area contributed by atoms with Gasteiger partial charge < -0.3 is 10.5 Å². The van der Waals surface area contributed by atoms with Crippen LogP contribution in [0.15, 0.2) is 24.3 Å². The van der Waals surface area contributed by atoms with Crippen LogP contribution in [0.3, 0.4) is 0 Å². The van der Waals surface area contributed by atoms with Gasteiger partial charge in [0, 0.05) is 17.3 Å². The average Bonchev–Trinajstić information content (AvgIpc) is 2.40. The molecule has 0 saturated heterocycles. The quantitative estimate of drug-likeness (QED) is 0.590. The Labute approximate surface area is 116 Å². The second kappa shape index (κ2) is 5.83. The van der Waals surface area contributed by atoms with Crippen molar-refractivity contribution in [2.24, 2.45) is 11.8 Å². The molecule has 0 amide bonds. The third-order valence-corrected chi connectivity index (χ3v) is 2.75. The Morgan fingerprint density at radius 2 is 2.05 bits per heavy atom. The van der Waals surface area contributed by atoms with Gasteiger partial charge in [0.15, 0.2) is 17.4 Å². The standard InChI is InChI=1S/C14H17FN4O/c1-8(2)5-10-7-13(19-16)18-14(17-10)9-3-4-12(20)11(15)6-9/h3-4,6-8,20H,5,16H2,1-2H3,(H,17,18,19). The van der Waals surface area contributed by atoms with E-state index in [-0.39, 0.29) is 0 Å². The summed E-state index contributed by atoms with van der Waals surface area (Å²) in [7, 11) is 0. The molecule has 106 valence electrons. The molecule has 20 heavy (non-hydrogen) atoms. The summed E-state index contributed by atoms with van der Waals surface area (Å²) in [6, 6.07) is 5.80. The average molecular weight is 276 g/mol. The highest BCUT2D eigenvalue weighted by Gasteiger charge is 2.10. The van der Waals surface area contributed by atoms with Gasteiger partial charge in [0.25, 0.3) is 0 Å². The molecule has 2 aromatic rings. The van der Waals surface area contributed by atoms with E-state index in [9.17, 15) is 9.50 Å². The third kappa shape index (κ3) is 3.21. The monoisotopic (exact) mass is 276 g/mol. The summed E-state index contributed by atoms with van der Waals surface area (Å²) < 4.78 is 13.4. The van der Waals surface area contributed by atoms with Crippen molar-refractivity contribution in [1.82, 2.24) is 9.97 Å². The number of anilines is 1. The van der Waals surface area contributed by atoms with Gasteiger partial charge in [-0.25, -0.2) is 20.2 Å². The number of benzene rings is 1. The highest BCUT2D eigenvalue weighted by molar-refractivity contribution is 5.58. The Hall–Kier alpha value is -2.21. The summed E-state index contributed by atoms with van der Waals surface area (Å²) in [4.78, 5) is 8.61. The van der Waals surface area contributed by atoms with E-state index in [1.54, 1.807) is 12.1 Å². The SMILES string of the molecule is CC(C)Cc1cc(NN)nc(-c2ccc(O)c(F)c2)n1. The van der Waals surface area contributed by atoms with Crippen molar-refractivity contribution >= 4 is 5.82 Å². The molecule has 0 atom stereocenters. The number of hydrazine groups is 1.